The average Bonchev–Trinajstić information content (AvgIpc) is 3.16. The number of carbonyl (C=O) groups is 2. The first-order valence-corrected chi connectivity index (χ1v) is 14.7. The van der Waals surface area contributed by atoms with E-state index in [1.165, 1.54) is 19.4 Å². The molecule has 4 rings (SSSR count). The van der Waals surface area contributed by atoms with E-state index in [9.17, 15) is 19.8 Å². The Morgan fingerprint density at radius 3 is 2.19 bits per heavy atom. The van der Waals surface area contributed by atoms with E-state index in [2.05, 4.69) is 40.7 Å². The Morgan fingerprint density at radius 2 is 1.57 bits per heavy atom. The van der Waals surface area contributed by atoms with Gasteiger partial charge in [0, 0.05) is 19.8 Å². The second-order valence-corrected chi connectivity index (χ2v) is 13.7. The highest BCUT2D eigenvalue weighted by Gasteiger charge is 2.63. The second kappa shape index (κ2) is 10.6. The zero-order valence-corrected chi connectivity index (χ0v) is 24.0. The summed E-state index contributed by atoms with van der Waals surface area (Å²) in [5, 5.41) is 22.0. The predicted octanol–water partition coefficient (Wildman–Crippen LogP) is 5.44. The summed E-state index contributed by atoms with van der Waals surface area (Å²) in [7, 11) is 0. The number of ether oxygens (including phenoxy) is 2. The molecule has 0 unspecified atom stereocenters. The molecule has 0 aromatic heterocycles. The average molecular weight is 519 g/mol. The minimum atomic E-state index is -0.757. The van der Waals surface area contributed by atoms with Crippen LogP contribution in [0.4, 0.5) is 0 Å². The van der Waals surface area contributed by atoms with Crippen molar-refractivity contribution in [3.8, 4) is 0 Å². The number of esters is 2. The highest BCUT2D eigenvalue weighted by molar-refractivity contribution is 5.67. The van der Waals surface area contributed by atoms with Crippen molar-refractivity contribution in [2.24, 2.45) is 46.3 Å². The van der Waals surface area contributed by atoms with Crippen molar-refractivity contribution in [3.63, 3.8) is 0 Å². The molecule has 0 radical (unpaired) electrons. The molecule has 6 nitrogen and oxygen atoms in total. The highest BCUT2D eigenvalue weighted by atomic mass is 16.6. The van der Waals surface area contributed by atoms with Crippen LogP contribution in [0.25, 0.3) is 0 Å². The molecule has 0 bridgehead atoms. The number of aliphatic hydroxyl groups excluding tert-OH is 2. The van der Waals surface area contributed by atoms with E-state index >= 15 is 0 Å². The summed E-state index contributed by atoms with van der Waals surface area (Å²) in [4.78, 5) is 24.2. The molecule has 6 heteroatoms. The van der Waals surface area contributed by atoms with Gasteiger partial charge >= 0.3 is 11.9 Å². The maximum Gasteiger partial charge on any atom is 0.303 e. The monoisotopic (exact) mass is 518 g/mol. The van der Waals surface area contributed by atoms with Crippen LogP contribution in [-0.4, -0.2) is 46.6 Å². The first-order valence-electron chi connectivity index (χ1n) is 14.7. The van der Waals surface area contributed by atoms with Gasteiger partial charge in [-0.3, -0.25) is 9.59 Å². The van der Waals surface area contributed by atoms with E-state index in [4.69, 9.17) is 9.47 Å². The summed E-state index contributed by atoms with van der Waals surface area (Å²) < 4.78 is 11.6. The number of aliphatic hydroxyl groups is 2. The summed E-state index contributed by atoms with van der Waals surface area (Å²) in [6.45, 7) is 14.2. The third-order valence-corrected chi connectivity index (χ3v) is 11.1. The van der Waals surface area contributed by atoms with E-state index in [1.807, 2.05) is 0 Å². The summed E-state index contributed by atoms with van der Waals surface area (Å²) in [6.07, 6.45) is 7.57. The molecule has 4 aliphatic rings. The van der Waals surface area contributed by atoms with E-state index in [-0.39, 0.29) is 34.7 Å². The predicted molar refractivity (Wildman–Crippen MR) is 142 cm³/mol. The van der Waals surface area contributed by atoms with Crippen LogP contribution in [0.2, 0.25) is 0 Å². The van der Waals surface area contributed by atoms with Gasteiger partial charge in [-0.1, -0.05) is 40.2 Å². The van der Waals surface area contributed by atoms with Gasteiger partial charge in [-0.2, -0.15) is 0 Å². The van der Waals surface area contributed by atoms with Crippen molar-refractivity contribution in [2.45, 2.75) is 124 Å². The normalized spacial score (nSPS) is 42.6. The largest absolute Gasteiger partial charge is 0.459 e. The van der Waals surface area contributed by atoms with Gasteiger partial charge in [0.15, 0.2) is 0 Å². The molecular weight excluding hydrogens is 468 g/mol. The second-order valence-electron chi connectivity index (χ2n) is 13.7. The fourth-order valence-electron chi connectivity index (χ4n) is 9.19. The van der Waals surface area contributed by atoms with Crippen molar-refractivity contribution < 1.29 is 29.3 Å². The minimum Gasteiger partial charge on any atom is -0.459 e. The van der Waals surface area contributed by atoms with Crippen LogP contribution in [0, 0.1) is 46.3 Å². The molecule has 2 N–H and O–H groups in total. The maximum atomic E-state index is 12.2. The Kier molecular flexibility index (Phi) is 8.22. The van der Waals surface area contributed by atoms with Crippen molar-refractivity contribution in [1.29, 1.82) is 0 Å². The first-order chi connectivity index (χ1) is 17.3. The molecule has 0 aliphatic heterocycles. The van der Waals surface area contributed by atoms with Gasteiger partial charge in [0.1, 0.15) is 12.2 Å². The van der Waals surface area contributed by atoms with Gasteiger partial charge in [0.2, 0.25) is 0 Å². The van der Waals surface area contributed by atoms with Crippen molar-refractivity contribution >= 4 is 11.9 Å². The third kappa shape index (κ3) is 5.14. The van der Waals surface area contributed by atoms with Gasteiger partial charge < -0.3 is 19.7 Å². The molecule has 37 heavy (non-hydrogen) atoms. The SMILES string of the molecule is CC(=O)O[C@@H]1[C@@H]2[C@H](OC(C)=O)C=C3[C@H](CC[C@]4(C)[C@@H]([C@H](C)[C@H](O)CCC(C)C)CC[C@@H]34)[C@@]2(C)CC[C@@H]1O. The van der Waals surface area contributed by atoms with Crippen LogP contribution >= 0.6 is 0 Å². The number of fused-ring (bicyclic) bond motifs is 5. The van der Waals surface area contributed by atoms with Crippen LogP contribution < -0.4 is 0 Å². The molecule has 0 heterocycles. The van der Waals surface area contributed by atoms with Gasteiger partial charge in [-0.15, -0.1) is 0 Å². The molecule has 3 fully saturated rings. The lowest BCUT2D eigenvalue weighted by Gasteiger charge is -2.60. The van der Waals surface area contributed by atoms with Crippen LogP contribution in [-0.2, 0) is 19.1 Å². The van der Waals surface area contributed by atoms with Crippen molar-refractivity contribution in [3.05, 3.63) is 11.6 Å². The van der Waals surface area contributed by atoms with Crippen LogP contribution in [0.3, 0.4) is 0 Å². The smallest absolute Gasteiger partial charge is 0.303 e. The minimum absolute atomic E-state index is 0.105. The summed E-state index contributed by atoms with van der Waals surface area (Å²) in [6, 6.07) is 0. The number of hydrogen-bond acceptors (Lipinski definition) is 6. The molecule has 0 spiro atoms. The Morgan fingerprint density at radius 1 is 0.946 bits per heavy atom. The molecule has 4 aliphatic carbocycles. The van der Waals surface area contributed by atoms with Gasteiger partial charge in [0.25, 0.3) is 0 Å². The molecule has 0 aromatic carbocycles. The standard InChI is InChI=1S/C31H50O6/c1-17(2)8-11-25(34)18(3)22-9-10-23-21-16-27(36-19(4)32)28-29(37-20(5)33)26(35)13-15-31(28,7)24(21)12-14-30(22,23)6/h16-18,22-29,34-35H,8-15H2,1-7H3/t18-,22+,23-,24-,25+,26-,27+,28-,29-,30+,31+/m0/s1. The van der Waals surface area contributed by atoms with Crippen LogP contribution in [0.15, 0.2) is 11.6 Å². The highest BCUT2D eigenvalue weighted by Crippen LogP contribution is 2.67. The number of allylic oxidation sites excluding steroid dienone is 1. The quantitative estimate of drug-likeness (QED) is 0.344. The molecule has 210 valence electrons. The fraction of sp³-hybridized carbons (Fsp3) is 0.871. The third-order valence-electron chi connectivity index (χ3n) is 11.1. The molecule has 3 saturated carbocycles. The van der Waals surface area contributed by atoms with E-state index in [0.717, 1.165) is 44.9 Å². The molecule has 0 amide bonds. The van der Waals surface area contributed by atoms with Crippen LogP contribution in [0.1, 0.15) is 99.8 Å². The molecular formula is C31H50O6. The number of rotatable bonds is 7. The summed E-state index contributed by atoms with van der Waals surface area (Å²) in [5.41, 5.74) is 1.28. The van der Waals surface area contributed by atoms with Crippen molar-refractivity contribution in [1.82, 2.24) is 0 Å². The number of carbonyl (C=O) groups excluding carboxylic acids is 2. The fourth-order valence-corrected chi connectivity index (χ4v) is 9.19. The van der Waals surface area contributed by atoms with Crippen molar-refractivity contribution in [2.75, 3.05) is 0 Å². The van der Waals surface area contributed by atoms with E-state index in [0.29, 0.717) is 30.1 Å². The van der Waals surface area contributed by atoms with Gasteiger partial charge in [0.05, 0.1) is 12.2 Å². The Balaban J connectivity index is 1.68. The lowest BCUT2D eigenvalue weighted by Crippen LogP contribution is -2.61. The van der Waals surface area contributed by atoms with E-state index in [1.54, 1.807) is 0 Å². The zero-order valence-electron chi connectivity index (χ0n) is 24.0. The Hall–Kier alpha value is -1.40. The van der Waals surface area contributed by atoms with Crippen LogP contribution in [0.5, 0.6) is 0 Å². The number of hydrogen-bond donors (Lipinski definition) is 2. The van der Waals surface area contributed by atoms with Gasteiger partial charge in [-0.05, 0) is 97.9 Å². The Labute approximate surface area is 223 Å². The lowest BCUT2D eigenvalue weighted by atomic mass is 9.46. The first kappa shape index (κ1) is 28.6. The molecule has 11 atom stereocenters. The van der Waals surface area contributed by atoms with E-state index < -0.39 is 24.3 Å². The lowest BCUT2D eigenvalue weighted by molar-refractivity contribution is -0.195. The summed E-state index contributed by atoms with van der Waals surface area (Å²) >= 11 is 0. The molecule has 0 saturated heterocycles. The summed E-state index contributed by atoms with van der Waals surface area (Å²) in [5.74, 6) is 0.975. The van der Waals surface area contributed by atoms with Gasteiger partial charge in [-0.25, -0.2) is 0 Å². The topological polar surface area (TPSA) is 93.1 Å². The maximum absolute atomic E-state index is 12.2. The zero-order chi connectivity index (χ0) is 27.3. The molecule has 0 aromatic rings. The Bertz CT molecular complexity index is 896.